The Kier molecular flexibility index (Phi) is 5.16. The molecular formula is C26H25N5O5S. The van der Waals surface area contributed by atoms with Crippen LogP contribution in [0.15, 0.2) is 53.6 Å². The highest BCUT2D eigenvalue weighted by Crippen LogP contribution is 2.65. The molecule has 190 valence electrons. The van der Waals surface area contributed by atoms with Gasteiger partial charge >= 0.3 is 0 Å². The van der Waals surface area contributed by atoms with Crippen molar-refractivity contribution in [2.45, 2.75) is 29.7 Å². The van der Waals surface area contributed by atoms with E-state index in [-0.39, 0.29) is 28.5 Å². The van der Waals surface area contributed by atoms with Gasteiger partial charge in [0.15, 0.2) is 20.7 Å². The summed E-state index contributed by atoms with van der Waals surface area (Å²) in [6, 6.07) is 14.7. The maximum Gasteiger partial charge on any atom is 0.238 e. The average Bonchev–Trinajstić information content (AvgIpc) is 3.47. The number of methoxy groups -OCH3 is 2. The number of aromatic amines is 1. The Bertz CT molecular complexity index is 1680. The predicted octanol–water partition coefficient (Wildman–Crippen LogP) is 3.89. The van der Waals surface area contributed by atoms with Crippen molar-refractivity contribution in [2.24, 2.45) is 0 Å². The van der Waals surface area contributed by atoms with Crippen LogP contribution in [0.25, 0.3) is 10.9 Å². The number of ether oxygens (including phenoxy) is 2. The molecule has 3 N–H and O–H groups in total. The molecule has 2 aromatic carbocycles. The van der Waals surface area contributed by atoms with Gasteiger partial charge in [-0.3, -0.25) is 9.89 Å². The summed E-state index contributed by atoms with van der Waals surface area (Å²) in [7, 11) is -0.411. The second-order valence-electron chi connectivity index (χ2n) is 9.21. The topological polar surface area (TPSA) is 135 Å². The van der Waals surface area contributed by atoms with E-state index in [1.54, 1.807) is 20.1 Å². The van der Waals surface area contributed by atoms with Gasteiger partial charge in [0.2, 0.25) is 11.8 Å². The number of carbonyl (C=O) groups is 1. The van der Waals surface area contributed by atoms with Crippen LogP contribution in [0.1, 0.15) is 30.4 Å². The van der Waals surface area contributed by atoms with Crippen LogP contribution >= 0.6 is 0 Å². The van der Waals surface area contributed by atoms with Crippen LogP contribution in [-0.2, 0) is 20.0 Å². The van der Waals surface area contributed by atoms with Crippen molar-refractivity contribution in [1.82, 2.24) is 15.2 Å². The molecule has 2 aliphatic rings. The van der Waals surface area contributed by atoms with Crippen LogP contribution in [0.3, 0.4) is 0 Å². The molecule has 1 saturated carbocycles. The standard InChI is InChI=1S/C26H25N5O5S/c1-4-37(33,34)22-10-9-20(24(29-22)36-3)27-23-16-7-5-14(11-21(16)30-31-23)18-13-26(18)17-12-15(35-2)6-8-19(17)28-25(26)32/h5-12,18H,4,13H2,1-3H3,(H,28,32)(H2,27,30,31)/t18-,26-/m0/s1. The van der Waals surface area contributed by atoms with Gasteiger partial charge in [-0.2, -0.15) is 10.1 Å². The number of anilines is 3. The summed E-state index contributed by atoms with van der Waals surface area (Å²) in [5.41, 5.74) is 3.57. The lowest BCUT2D eigenvalue weighted by molar-refractivity contribution is -0.118. The largest absolute Gasteiger partial charge is 0.497 e. The fourth-order valence-corrected chi connectivity index (χ4v) is 5.96. The molecule has 37 heavy (non-hydrogen) atoms. The molecule has 0 radical (unpaired) electrons. The molecule has 2 atom stereocenters. The highest BCUT2D eigenvalue weighted by molar-refractivity contribution is 7.91. The minimum Gasteiger partial charge on any atom is -0.497 e. The number of nitrogens with zero attached hydrogens (tertiary/aromatic N) is 2. The zero-order valence-corrected chi connectivity index (χ0v) is 21.3. The zero-order chi connectivity index (χ0) is 25.9. The summed E-state index contributed by atoms with van der Waals surface area (Å²) < 4.78 is 35.1. The number of aromatic nitrogens is 3. The van der Waals surface area contributed by atoms with Crippen molar-refractivity contribution in [2.75, 3.05) is 30.6 Å². The van der Waals surface area contributed by atoms with Crippen LogP contribution in [0.2, 0.25) is 0 Å². The SMILES string of the molecule is CCS(=O)(=O)c1ccc(Nc2n[nH]c3cc([C@@H]4C[C@@]45C(=O)Nc4ccc(OC)cc45)ccc23)c(OC)n1. The number of sulfone groups is 1. The number of pyridine rings is 1. The van der Waals surface area contributed by atoms with Crippen LogP contribution in [-0.4, -0.2) is 49.5 Å². The Labute approximate surface area is 213 Å². The van der Waals surface area contributed by atoms with Gasteiger partial charge in [-0.1, -0.05) is 13.0 Å². The third-order valence-corrected chi connectivity index (χ3v) is 8.92. The Balaban J connectivity index is 1.30. The van der Waals surface area contributed by atoms with E-state index in [2.05, 4.69) is 25.8 Å². The minimum atomic E-state index is -3.46. The fraction of sp³-hybridized carbons (Fsp3) is 0.269. The van der Waals surface area contributed by atoms with E-state index < -0.39 is 15.3 Å². The van der Waals surface area contributed by atoms with E-state index in [0.29, 0.717) is 11.5 Å². The number of hydrogen-bond acceptors (Lipinski definition) is 8. The van der Waals surface area contributed by atoms with E-state index in [1.165, 1.54) is 13.2 Å². The number of H-pyrrole nitrogens is 1. The predicted molar refractivity (Wildman–Crippen MR) is 139 cm³/mol. The molecule has 1 spiro atoms. The van der Waals surface area contributed by atoms with Crippen LogP contribution in [0.4, 0.5) is 17.2 Å². The van der Waals surface area contributed by atoms with Crippen LogP contribution in [0.5, 0.6) is 11.6 Å². The molecule has 2 aromatic heterocycles. The van der Waals surface area contributed by atoms with Gasteiger partial charge in [-0.05, 0) is 60.0 Å². The third-order valence-electron chi connectivity index (χ3n) is 7.29. The van der Waals surface area contributed by atoms with Crippen LogP contribution in [0, 0.1) is 0 Å². The normalized spacial score (nSPS) is 20.1. The first-order valence-corrected chi connectivity index (χ1v) is 13.5. The summed E-state index contributed by atoms with van der Waals surface area (Å²) in [5, 5.41) is 14.5. The molecular weight excluding hydrogens is 494 g/mol. The number of hydrogen-bond donors (Lipinski definition) is 3. The van der Waals surface area contributed by atoms with Crippen molar-refractivity contribution in [3.05, 3.63) is 59.7 Å². The molecule has 1 aliphatic heterocycles. The number of carbonyl (C=O) groups excluding carboxylic acids is 1. The van der Waals surface area contributed by atoms with Gasteiger partial charge in [0.05, 0.1) is 30.9 Å². The first kappa shape index (κ1) is 23.3. The lowest BCUT2D eigenvalue weighted by Gasteiger charge is -2.11. The number of amides is 1. The van der Waals surface area contributed by atoms with Gasteiger partial charge in [-0.15, -0.1) is 0 Å². The van der Waals surface area contributed by atoms with E-state index >= 15 is 0 Å². The van der Waals surface area contributed by atoms with Gasteiger partial charge in [-0.25, -0.2) is 8.42 Å². The Morgan fingerprint density at radius 2 is 1.95 bits per heavy atom. The van der Waals surface area contributed by atoms with Crippen LogP contribution < -0.4 is 20.1 Å². The Morgan fingerprint density at radius 3 is 2.70 bits per heavy atom. The molecule has 1 fully saturated rings. The second-order valence-corrected chi connectivity index (χ2v) is 11.4. The average molecular weight is 520 g/mol. The summed E-state index contributed by atoms with van der Waals surface area (Å²) in [4.78, 5) is 17.2. The first-order chi connectivity index (χ1) is 17.8. The van der Waals surface area contributed by atoms with Crippen molar-refractivity contribution in [1.29, 1.82) is 0 Å². The Morgan fingerprint density at radius 1 is 1.11 bits per heavy atom. The molecule has 0 saturated heterocycles. The molecule has 10 nitrogen and oxygen atoms in total. The molecule has 0 bridgehead atoms. The number of nitrogens with one attached hydrogen (secondary N) is 3. The van der Waals surface area contributed by atoms with E-state index in [0.717, 1.165) is 39.9 Å². The Hall–Kier alpha value is -4.12. The summed E-state index contributed by atoms with van der Waals surface area (Å²) in [6.45, 7) is 1.57. The molecule has 1 aliphatic carbocycles. The lowest BCUT2D eigenvalue weighted by atomic mass is 9.91. The number of rotatable bonds is 7. The molecule has 1 amide bonds. The molecule has 0 unspecified atom stereocenters. The van der Waals surface area contributed by atoms with Gasteiger partial charge in [0, 0.05) is 17.0 Å². The summed E-state index contributed by atoms with van der Waals surface area (Å²) >= 11 is 0. The minimum absolute atomic E-state index is 0.0148. The molecule has 4 aromatic rings. The van der Waals surface area contributed by atoms with Gasteiger partial charge in [0.25, 0.3) is 0 Å². The summed E-state index contributed by atoms with van der Waals surface area (Å²) in [5.74, 6) is 1.44. The molecule has 11 heteroatoms. The summed E-state index contributed by atoms with van der Waals surface area (Å²) in [6.07, 6.45) is 0.722. The van der Waals surface area contributed by atoms with E-state index in [9.17, 15) is 13.2 Å². The van der Waals surface area contributed by atoms with Crippen molar-refractivity contribution in [3.8, 4) is 11.6 Å². The number of benzene rings is 2. The van der Waals surface area contributed by atoms with Crippen molar-refractivity contribution < 1.29 is 22.7 Å². The number of fused-ring (bicyclic) bond motifs is 3. The molecule has 3 heterocycles. The highest BCUT2D eigenvalue weighted by atomic mass is 32.2. The van der Waals surface area contributed by atoms with Gasteiger partial charge in [0.1, 0.15) is 11.4 Å². The quantitative estimate of drug-likeness (QED) is 0.335. The van der Waals surface area contributed by atoms with E-state index in [4.69, 9.17) is 9.47 Å². The smallest absolute Gasteiger partial charge is 0.238 e. The molecule has 6 rings (SSSR count). The zero-order valence-electron chi connectivity index (χ0n) is 20.5. The maximum absolute atomic E-state index is 13.0. The monoisotopic (exact) mass is 519 g/mol. The second kappa shape index (κ2) is 8.20. The first-order valence-electron chi connectivity index (χ1n) is 11.8. The third kappa shape index (κ3) is 3.52. The van der Waals surface area contributed by atoms with Crippen molar-refractivity contribution in [3.63, 3.8) is 0 Å². The fourth-order valence-electron chi connectivity index (χ4n) is 5.17. The lowest BCUT2D eigenvalue weighted by Crippen LogP contribution is -2.21. The van der Waals surface area contributed by atoms with Crippen molar-refractivity contribution >= 4 is 43.8 Å². The highest BCUT2D eigenvalue weighted by Gasteiger charge is 2.65. The van der Waals surface area contributed by atoms with E-state index in [1.807, 2.05) is 36.4 Å². The maximum atomic E-state index is 13.0. The van der Waals surface area contributed by atoms with Gasteiger partial charge < -0.3 is 20.1 Å².